The summed E-state index contributed by atoms with van der Waals surface area (Å²) in [6.07, 6.45) is 0. The average Bonchev–Trinajstić information content (AvgIpc) is 2.66. The monoisotopic (exact) mass is 411 g/mol. The number of rotatable bonds is 3. The van der Waals surface area contributed by atoms with Crippen molar-refractivity contribution in [1.82, 2.24) is 4.57 Å². The van der Waals surface area contributed by atoms with Crippen molar-refractivity contribution >= 4 is 29.0 Å². The molecule has 0 aliphatic rings. The van der Waals surface area contributed by atoms with Gasteiger partial charge in [-0.2, -0.15) is 0 Å². The van der Waals surface area contributed by atoms with E-state index in [0.29, 0.717) is 16.3 Å². The zero-order valence-corrected chi connectivity index (χ0v) is 16.9. The zero-order valence-electron chi connectivity index (χ0n) is 16.2. The molecule has 0 bridgehead atoms. The first-order valence-electron chi connectivity index (χ1n) is 8.83. The van der Waals surface area contributed by atoms with Crippen LogP contribution in [0.4, 0.5) is 10.1 Å². The van der Waals surface area contributed by atoms with Crippen molar-refractivity contribution in [3.05, 3.63) is 86.9 Å². The van der Waals surface area contributed by atoms with Crippen LogP contribution in [-0.4, -0.2) is 16.3 Å². The van der Waals surface area contributed by atoms with Crippen LogP contribution in [0, 0.1) is 18.2 Å². The fourth-order valence-electron chi connectivity index (χ4n) is 3.24. The fourth-order valence-corrected chi connectivity index (χ4v) is 3.46. The molecule has 5 nitrogen and oxygen atoms in total. The first kappa shape index (κ1) is 20.5. The second-order valence-corrected chi connectivity index (χ2v) is 7.01. The quantitative estimate of drug-likeness (QED) is 0.497. The summed E-state index contributed by atoms with van der Waals surface area (Å²) in [5.74, 6) is -1.19. The van der Waals surface area contributed by atoms with E-state index < -0.39 is 11.7 Å². The van der Waals surface area contributed by atoms with Gasteiger partial charge in [0.25, 0.3) is 11.5 Å². The number of halogens is 2. The van der Waals surface area contributed by atoms with Crippen molar-refractivity contribution < 1.29 is 9.18 Å². The number of para-hydroxylation sites is 1. The molecule has 0 atom stereocenters. The molecule has 1 heterocycles. The molecule has 0 radical (unpaired) electrons. The van der Waals surface area contributed by atoms with Crippen molar-refractivity contribution in [3.63, 3.8) is 0 Å². The van der Waals surface area contributed by atoms with E-state index >= 15 is 0 Å². The highest BCUT2D eigenvalue weighted by atomic mass is 35.5. The summed E-state index contributed by atoms with van der Waals surface area (Å²) >= 11 is 6.27. The maximum absolute atomic E-state index is 14.6. The van der Waals surface area contributed by atoms with E-state index in [1.807, 2.05) is 0 Å². The van der Waals surface area contributed by atoms with Gasteiger partial charge >= 0.3 is 0 Å². The molecule has 1 aromatic heterocycles. The van der Waals surface area contributed by atoms with E-state index in [9.17, 15) is 14.0 Å². The lowest BCUT2D eigenvalue weighted by molar-refractivity contribution is 0.100. The number of carbonyl (C=O) groups is 1. The molecule has 3 aromatic rings. The van der Waals surface area contributed by atoms with Gasteiger partial charge in [-0.25, -0.2) is 4.39 Å². The largest absolute Gasteiger partial charge is 0.310 e. The molecule has 29 heavy (non-hydrogen) atoms. The Balaban J connectivity index is 2.33. The molecule has 0 aliphatic carbocycles. The number of amidine groups is 1. The smallest absolute Gasteiger partial charge is 0.266 e. The van der Waals surface area contributed by atoms with Gasteiger partial charge in [0.15, 0.2) is 0 Å². The van der Waals surface area contributed by atoms with E-state index in [1.54, 1.807) is 37.3 Å². The van der Waals surface area contributed by atoms with Gasteiger partial charge in [-0.05, 0) is 43.7 Å². The van der Waals surface area contributed by atoms with Crippen LogP contribution >= 0.6 is 11.6 Å². The number of pyridine rings is 1. The predicted octanol–water partition coefficient (Wildman–Crippen LogP) is 4.80. The van der Waals surface area contributed by atoms with Crippen molar-refractivity contribution in [3.8, 4) is 11.3 Å². The Morgan fingerprint density at radius 1 is 1.14 bits per heavy atom. The molecule has 1 N–H and O–H groups in total. The van der Waals surface area contributed by atoms with Crippen molar-refractivity contribution in [2.75, 3.05) is 4.90 Å². The molecule has 0 aliphatic heterocycles. The minimum atomic E-state index is -0.572. The average molecular weight is 412 g/mol. The Morgan fingerprint density at radius 3 is 2.38 bits per heavy atom. The lowest BCUT2D eigenvalue weighted by atomic mass is 9.99. The van der Waals surface area contributed by atoms with Crippen molar-refractivity contribution in [2.24, 2.45) is 7.05 Å². The summed E-state index contributed by atoms with van der Waals surface area (Å²) in [6.45, 7) is 3.07. The molecule has 0 saturated heterocycles. The Labute approximate surface area is 172 Å². The molecule has 1 amide bonds. The molecule has 7 heteroatoms. The number of anilines is 1. The molecule has 148 valence electrons. The lowest BCUT2D eigenvalue weighted by Gasteiger charge is -2.25. The third-order valence-electron chi connectivity index (χ3n) is 4.61. The number of hydrogen-bond acceptors (Lipinski definition) is 3. The van der Waals surface area contributed by atoms with Crippen LogP contribution < -0.4 is 10.5 Å². The number of hydrogen-bond donors (Lipinski definition) is 1. The highest BCUT2D eigenvalue weighted by Gasteiger charge is 2.28. The van der Waals surface area contributed by atoms with Crippen LogP contribution in [0.3, 0.4) is 0 Å². The van der Waals surface area contributed by atoms with Gasteiger partial charge in [-0.1, -0.05) is 35.9 Å². The lowest BCUT2D eigenvalue weighted by Crippen LogP contribution is -2.37. The van der Waals surface area contributed by atoms with Crippen LogP contribution in [0.2, 0.25) is 5.02 Å². The Hall–Kier alpha value is -3.25. The number of nitrogens with one attached hydrogen (secondary N) is 1. The van der Waals surface area contributed by atoms with Crippen LogP contribution in [0.15, 0.2) is 59.4 Å². The normalized spacial score (nSPS) is 10.7. The van der Waals surface area contributed by atoms with Gasteiger partial charge in [-0.15, -0.1) is 0 Å². The number of nitrogens with zero attached hydrogens (tertiary/aromatic N) is 2. The molecule has 0 fully saturated rings. The summed E-state index contributed by atoms with van der Waals surface area (Å²) in [7, 11) is 1.48. The highest BCUT2D eigenvalue weighted by Crippen LogP contribution is 2.32. The predicted molar refractivity (Wildman–Crippen MR) is 113 cm³/mol. The summed E-state index contributed by atoms with van der Waals surface area (Å²) < 4.78 is 15.8. The van der Waals surface area contributed by atoms with Gasteiger partial charge in [0.1, 0.15) is 11.7 Å². The first-order valence-corrected chi connectivity index (χ1v) is 9.21. The SMILES string of the molecule is CC(=N)N(C(=O)c1c(C)cc(=O)n(C)c1-c1ccccc1F)c1ccccc1Cl. The van der Waals surface area contributed by atoms with E-state index in [2.05, 4.69) is 0 Å². The minimum absolute atomic E-state index is 0.0594. The van der Waals surface area contributed by atoms with Gasteiger partial charge in [0.05, 0.1) is 22.0 Å². The Bertz CT molecular complexity index is 1190. The zero-order chi connectivity index (χ0) is 21.3. The number of aromatic nitrogens is 1. The molecule has 2 aromatic carbocycles. The van der Waals surface area contributed by atoms with Crippen LogP contribution in [0.25, 0.3) is 11.3 Å². The number of carbonyl (C=O) groups excluding carboxylic acids is 1. The van der Waals surface area contributed by atoms with E-state index in [1.165, 1.54) is 42.8 Å². The van der Waals surface area contributed by atoms with Gasteiger partial charge in [0, 0.05) is 18.7 Å². The summed E-state index contributed by atoms with van der Waals surface area (Å²) in [5, 5.41) is 8.45. The van der Waals surface area contributed by atoms with Crippen LogP contribution in [0.1, 0.15) is 22.8 Å². The van der Waals surface area contributed by atoms with Crippen molar-refractivity contribution in [2.45, 2.75) is 13.8 Å². The van der Waals surface area contributed by atoms with Gasteiger partial charge in [0.2, 0.25) is 0 Å². The highest BCUT2D eigenvalue weighted by molar-refractivity contribution is 6.36. The Kier molecular flexibility index (Phi) is 5.66. The molecule has 0 spiro atoms. The maximum Gasteiger partial charge on any atom is 0.266 e. The molecule has 0 unspecified atom stereocenters. The molecule has 3 rings (SSSR count). The Morgan fingerprint density at radius 2 is 1.76 bits per heavy atom. The van der Waals surface area contributed by atoms with E-state index in [4.69, 9.17) is 17.0 Å². The van der Waals surface area contributed by atoms with Gasteiger partial charge < -0.3 is 4.57 Å². The maximum atomic E-state index is 14.6. The molecule has 0 saturated carbocycles. The van der Waals surface area contributed by atoms with E-state index in [-0.39, 0.29) is 28.2 Å². The standard InChI is InChI=1S/C22H19ClFN3O2/c1-13-12-19(28)26(3)21(15-8-4-6-10-17(15)24)20(13)22(29)27(14(2)25)18-11-7-5-9-16(18)23/h4-12,25H,1-3H3. The van der Waals surface area contributed by atoms with E-state index in [0.717, 1.165) is 4.90 Å². The summed E-state index contributed by atoms with van der Waals surface area (Å²) in [6, 6.07) is 13.9. The fraction of sp³-hybridized carbons (Fsp3) is 0.136. The third-order valence-corrected chi connectivity index (χ3v) is 4.93. The second-order valence-electron chi connectivity index (χ2n) is 6.61. The first-order chi connectivity index (χ1) is 13.7. The van der Waals surface area contributed by atoms with Gasteiger partial charge in [-0.3, -0.25) is 19.9 Å². The third kappa shape index (κ3) is 3.71. The summed E-state index contributed by atoms with van der Waals surface area (Å²) in [4.78, 5) is 27.2. The van der Waals surface area contributed by atoms with Crippen LogP contribution in [-0.2, 0) is 7.05 Å². The topological polar surface area (TPSA) is 66.2 Å². The van der Waals surface area contributed by atoms with Crippen molar-refractivity contribution in [1.29, 1.82) is 5.41 Å². The number of amides is 1. The number of benzene rings is 2. The second kappa shape index (κ2) is 8.01. The van der Waals surface area contributed by atoms with Crippen LogP contribution in [0.5, 0.6) is 0 Å². The number of aryl methyl sites for hydroxylation is 1. The molecular weight excluding hydrogens is 393 g/mol. The minimum Gasteiger partial charge on any atom is -0.310 e. The molecular formula is C22H19ClFN3O2. The summed E-state index contributed by atoms with van der Waals surface area (Å²) in [5.41, 5.74) is 0.753.